The molecule has 3 rings (SSSR count). The molecule has 2 atom stereocenters. The molecule has 0 aliphatic carbocycles. The third-order valence-corrected chi connectivity index (χ3v) is 5.17. The van der Waals surface area contributed by atoms with Crippen LogP contribution < -0.4 is 0 Å². The van der Waals surface area contributed by atoms with Crippen molar-refractivity contribution in [2.75, 3.05) is 6.61 Å². The minimum Gasteiger partial charge on any atom is -0.373 e. The molecule has 0 radical (unpaired) electrons. The van der Waals surface area contributed by atoms with Gasteiger partial charge in [-0.25, -0.2) is 8.78 Å². The molecule has 2 unspecified atom stereocenters. The zero-order valence-corrected chi connectivity index (χ0v) is 15.5. The fraction of sp³-hybridized carbons (Fsp3) is 0.391. The smallest absolute Gasteiger partial charge is 0.167 e. The van der Waals surface area contributed by atoms with Gasteiger partial charge >= 0.3 is 0 Å². The van der Waals surface area contributed by atoms with E-state index in [-0.39, 0.29) is 6.10 Å². The summed E-state index contributed by atoms with van der Waals surface area (Å²) in [6.45, 7) is 4.60. The van der Waals surface area contributed by atoms with E-state index in [2.05, 4.69) is 12.2 Å². The van der Waals surface area contributed by atoms with E-state index < -0.39 is 11.6 Å². The maximum atomic E-state index is 14.7. The van der Waals surface area contributed by atoms with Crippen LogP contribution in [0.15, 0.2) is 48.6 Å². The SMILES string of the molecule is C/C=C/CCC1CCC(c2ccc(-c3ccc(C)cc3)c(F)c2F)OC1. The number of aryl methyl sites for hydroxylation is 1. The normalized spacial score (nSPS) is 20.6. The quantitative estimate of drug-likeness (QED) is 0.538. The Balaban J connectivity index is 1.72. The van der Waals surface area contributed by atoms with Gasteiger partial charge in [0.1, 0.15) is 0 Å². The number of hydrogen-bond acceptors (Lipinski definition) is 1. The van der Waals surface area contributed by atoms with E-state index in [4.69, 9.17) is 4.74 Å². The second kappa shape index (κ2) is 8.59. The van der Waals surface area contributed by atoms with Gasteiger partial charge in [0.25, 0.3) is 0 Å². The van der Waals surface area contributed by atoms with E-state index in [1.54, 1.807) is 12.1 Å². The molecule has 0 spiro atoms. The van der Waals surface area contributed by atoms with E-state index in [0.29, 0.717) is 29.2 Å². The van der Waals surface area contributed by atoms with Crippen LogP contribution >= 0.6 is 0 Å². The van der Waals surface area contributed by atoms with Crippen LogP contribution in [0.3, 0.4) is 0 Å². The van der Waals surface area contributed by atoms with Crippen molar-refractivity contribution >= 4 is 0 Å². The van der Waals surface area contributed by atoms with Crippen LogP contribution in [0.2, 0.25) is 0 Å². The Hall–Kier alpha value is -2.00. The predicted molar refractivity (Wildman–Crippen MR) is 102 cm³/mol. The first kappa shape index (κ1) is 18.8. The Bertz CT molecular complexity index is 757. The minimum absolute atomic E-state index is 0.297. The Morgan fingerprint density at radius 3 is 2.46 bits per heavy atom. The van der Waals surface area contributed by atoms with E-state index in [0.717, 1.165) is 31.2 Å². The molecule has 0 N–H and O–H groups in total. The molecule has 0 saturated carbocycles. The lowest BCUT2D eigenvalue weighted by Crippen LogP contribution is -2.21. The molecular formula is C23H26F2O. The van der Waals surface area contributed by atoms with Gasteiger partial charge in [0.05, 0.1) is 12.7 Å². The molecule has 0 aromatic heterocycles. The molecule has 1 fully saturated rings. The molecule has 138 valence electrons. The Kier molecular flexibility index (Phi) is 6.20. The average molecular weight is 356 g/mol. The molecule has 0 amide bonds. The van der Waals surface area contributed by atoms with Gasteiger partial charge in [-0.2, -0.15) is 0 Å². The van der Waals surface area contributed by atoms with Crippen molar-refractivity contribution in [1.82, 2.24) is 0 Å². The van der Waals surface area contributed by atoms with E-state index in [9.17, 15) is 8.78 Å². The molecule has 26 heavy (non-hydrogen) atoms. The lowest BCUT2D eigenvalue weighted by atomic mass is 9.90. The van der Waals surface area contributed by atoms with Crippen LogP contribution in [0.5, 0.6) is 0 Å². The molecule has 1 heterocycles. The van der Waals surface area contributed by atoms with Crippen LogP contribution in [-0.2, 0) is 4.74 Å². The van der Waals surface area contributed by atoms with Crippen molar-refractivity contribution in [1.29, 1.82) is 0 Å². The fourth-order valence-electron chi connectivity index (χ4n) is 3.55. The number of halogens is 2. The van der Waals surface area contributed by atoms with Crippen LogP contribution in [-0.4, -0.2) is 6.61 Å². The summed E-state index contributed by atoms with van der Waals surface area (Å²) in [5.41, 5.74) is 2.41. The fourth-order valence-corrected chi connectivity index (χ4v) is 3.55. The van der Waals surface area contributed by atoms with Crippen molar-refractivity contribution < 1.29 is 13.5 Å². The summed E-state index contributed by atoms with van der Waals surface area (Å²) >= 11 is 0. The molecule has 2 aromatic carbocycles. The maximum absolute atomic E-state index is 14.7. The molecule has 3 heteroatoms. The third kappa shape index (κ3) is 4.21. The van der Waals surface area contributed by atoms with Gasteiger partial charge in [0.2, 0.25) is 0 Å². The molecule has 1 nitrogen and oxygen atoms in total. The van der Waals surface area contributed by atoms with Gasteiger partial charge in [0, 0.05) is 11.1 Å². The molecule has 1 saturated heterocycles. The summed E-state index contributed by atoms with van der Waals surface area (Å²) in [4.78, 5) is 0. The highest BCUT2D eigenvalue weighted by molar-refractivity contribution is 5.65. The van der Waals surface area contributed by atoms with Crippen LogP contribution in [0.1, 0.15) is 49.8 Å². The zero-order valence-electron chi connectivity index (χ0n) is 15.5. The van der Waals surface area contributed by atoms with Crippen molar-refractivity contribution in [2.24, 2.45) is 5.92 Å². The molecule has 2 aromatic rings. The lowest BCUT2D eigenvalue weighted by Gasteiger charge is -2.29. The number of rotatable bonds is 5. The minimum atomic E-state index is -0.787. The van der Waals surface area contributed by atoms with E-state index in [1.165, 1.54) is 0 Å². The van der Waals surface area contributed by atoms with Gasteiger partial charge in [-0.3, -0.25) is 0 Å². The standard InChI is InChI=1S/C23H26F2O/c1-3-4-5-6-17-9-14-21(26-15-17)20-13-12-19(22(24)23(20)25)18-10-7-16(2)8-11-18/h3-4,7-8,10-13,17,21H,5-6,9,14-15H2,1-2H3/b4-3+. The first-order chi connectivity index (χ1) is 12.6. The third-order valence-electron chi connectivity index (χ3n) is 5.17. The molecule has 1 aliphatic rings. The maximum Gasteiger partial charge on any atom is 0.167 e. The second-order valence-electron chi connectivity index (χ2n) is 7.11. The first-order valence-corrected chi connectivity index (χ1v) is 9.37. The van der Waals surface area contributed by atoms with Crippen LogP contribution in [0, 0.1) is 24.5 Å². The number of ether oxygens (including phenoxy) is 1. The van der Waals surface area contributed by atoms with Crippen molar-refractivity contribution in [2.45, 2.75) is 45.6 Å². The zero-order chi connectivity index (χ0) is 18.5. The largest absolute Gasteiger partial charge is 0.373 e. The first-order valence-electron chi connectivity index (χ1n) is 9.37. The van der Waals surface area contributed by atoms with Gasteiger partial charge in [-0.15, -0.1) is 0 Å². The molecular weight excluding hydrogens is 330 g/mol. The van der Waals surface area contributed by atoms with Crippen molar-refractivity contribution in [3.8, 4) is 11.1 Å². The average Bonchev–Trinajstić information content (AvgIpc) is 2.66. The molecule has 0 bridgehead atoms. The Morgan fingerprint density at radius 2 is 1.81 bits per heavy atom. The van der Waals surface area contributed by atoms with Crippen LogP contribution in [0.25, 0.3) is 11.1 Å². The summed E-state index contributed by atoms with van der Waals surface area (Å²) in [6, 6.07) is 10.8. The summed E-state index contributed by atoms with van der Waals surface area (Å²) in [7, 11) is 0. The van der Waals surface area contributed by atoms with Gasteiger partial charge in [0.15, 0.2) is 11.6 Å². The molecule has 1 aliphatic heterocycles. The van der Waals surface area contributed by atoms with Crippen molar-refractivity contribution in [3.63, 3.8) is 0 Å². The summed E-state index contributed by atoms with van der Waals surface area (Å²) in [6.07, 6.45) is 7.72. The highest BCUT2D eigenvalue weighted by atomic mass is 19.2. The number of allylic oxidation sites excluding steroid dienone is 2. The van der Waals surface area contributed by atoms with Crippen LogP contribution in [0.4, 0.5) is 8.78 Å². The lowest BCUT2D eigenvalue weighted by molar-refractivity contribution is -0.0210. The number of benzene rings is 2. The summed E-state index contributed by atoms with van der Waals surface area (Å²) in [5.74, 6) is -1.06. The van der Waals surface area contributed by atoms with E-state index >= 15 is 0 Å². The predicted octanol–water partition coefficient (Wildman–Crippen LogP) is 6.76. The van der Waals surface area contributed by atoms with Gasteiger partial charge in [-0.05, 0) is 51.0 Å². The summed E-state index contributed by atoms with van der Waals surface area (Å²) in [5, 5.41) is 0. The Labute approximate surface area is 154 Å². The topological polar surface area (TPSA) is 9.23 Å². The highest BCUT2D eigenvalue weighted by Gasteiger charge is 2.27. The van der Waals surface area contributed by atoms with Gasteiger partial charge in [-0.1, -0.05) is 54.1 Å². The van der Waals surface area contributed by atoms with Crippen molar-refractivity contribution in [3.05, 3.63) is 71.3 Å². The summed E-state index contributed by atoms with van der Waals surface area (Å²) < 4.78 is 35.2. The second-order valence-corrected chi connectivity index (χ2v) is 7.11. The highest BCUT2D eigenvalue weighted by Crippen LogP contribution is 2.36. The van der Waals surface area contributed by atoms with Gasteiger partial charge < -0.3 is 4.74 Å². The monoisotopic (exact) mass is 356 g/mol. The Morgan fingerprint density at radius 1 is 1.04 bits per heavy atom. The number of hydrogen-bond donors (Lipinski definition) is 0. The van der Waals surface area contributed by atoms with E-state index in [1.807, 2.05) is 38.1 Å².